The lowest BCUT2D eigenvalue weighted by atomic mass is 10.0. The van der Waals surface area contributed by atoms with Crippen molar-refractivity contribution in [2.24, 2.45) is 0 Å². The van der Waals surface area contributed by atoms with Crippen molar-refractivity contribution in [2.75, 3.05) is 13.1 Å². The number of amides is 1. The Morgan fingerprint density at radius 3 is 2.92 bits per heavy atom. The van der Waals surface area contributed by atoms with E-state index < -0.39 is 5.60 Å². The molecule has 0 radical (unpaired) electrons. The number of ether oxygens (including phenoxy) is 1. The molecule has 1 aliphatic heterocycles. The third kappa shape index (κ3) is 6.11. The van der Waals surface area contributed by atoms with Crippen LogP contribution in [0.1, 0.15) is 65.1 Å². The molecule has 1 N–H and O–H groups in total. The normalized spacial score (nSPS) is 19.2. The highest BCUT2D eigenvalue weighted by atomic mass is 16.6. The summed E-state index contributed by atoms with van der Waals surface area (Å²) in [6.45, 7) is 9.91. The number of hydrogen-bond acceptors (Lipinski definition) is 6. The molecule has 0 saturated carbocycles. The van der Waals surface area contributed by atoms with Gasteiger partial charge in [0, 0.05) is 19.0 Å². The summed E-state index contributed by atoms with van der Waals surface area (Å²) in [6.07, 6.45) is 4.82. The maximum absolute atomic E-state index is 11.9. The van der Waals surface area contributed by atoms with Gasteiger partial charge in [-0.1, -0.05) is 18.5 Å². The summed E-state index contributed by atoms with van der Waals surface area (Å²) in [5.74, 6) is 1.43. The molecule has 7 heteroatoms. The number of hydrogen-bond donors (Lipinski definition) is 1. The van der Waals surface area contributed by atoms with Crippen LogP contribution in [0, 0.1) is 0 Å². The summed E-state index contributed by atoms with van der Waals surface area (Å²) in [5, 5.41) is 6.95. The van der Waals surface area contributed by atoms with Crippen molar-refractivity contribution in [1.29, 1.82) is 0 Å². The van der Waals surface area contributed by atoms with Gasteiger partial charge in [-0.2, -0.15) is 4.98 Å². The molecule has 7 nitrogen and oxygen atoms in total. The maximum Gasteiger partial charge on any atom is 0.407 e. The lowest BCUT2D eigenvalue weighted by Gasteiger charge is -2.35. The van der Waals surface area contributed by atoms with Gasteiger partial charge in [-0.05, 0) is 46.6 Å². The highest BCUT2D eigenvalue weighted by Gasteiger charge is 2.25. The van der Waals surface area contributed by atoms with Crippen LogP contribution in [0.25, 0.3) is 0 Å². The Labute approximate surface area is 144 Å². The molecular weight excluding hydrogens is 308 g/mol. The first-order chi connectivity index (χ1) is 11.4. The lowest BCUT2D eigenvalue weighted by molar-refractivity contribution is 0.0490. The Morgan fingerprint density at radius 1 is 1.42 bits per heavy atom. The van der Waals surface area contributed by atoms with Crippen molar-refractivity contribution < 1.29 is 14.1 Å². The largest absolute Gasteiger partial charge is 0.444 e. The van der Waals surface area contributed by atoms with Crippen molar-refractivity contribution in [2.45, 2.75) is 78.0 Å². The standard InChI is InChI=1S/C17H30N4O3/c1-5-8-15-19-14(20-24-15)12-21-10-7-6-9-13(21)11-18-16(22)23-17(2,3)4/h13H,5-12H2,1-4H3,(H,18,22)/t13-/m1/s1. The molecule has 0 bridgehead atoms. The zero-order valence-corrected chi connectivity index (χ0v) is 15.3. The fourth-order valence-electron chi connectivity index (χ4n) is 2.87. The van der Waals surface area contributed by atoms with Crippen molar-refractivity contribution in [1.82, 2.24) is 20.4 Å². The fraction of sp³-hybridized carbons (Fsp3) is 0.824. The number of nitrogens with one attached hydrogen (secondary N) is 1. The number of aromatic nitrogens is 2. The number of carbonyl (C=O) groups is 1. The van der Waals surface area contributed by atoms with Crippen LogP contribution in [-0.2, 0) is 17.7 Å². The Hall–Kier alpha value is -1.63. The summed E-state index contributed by atoms with van der Waals surface area (Å²) in [7, 11) is 0. The Balaban J connectivity index is 1.86. The first-order valence-electron chi connectivity index (χ1n) is 8.89. The molecular formula is C17H30N4O3. The number of likely N-dealkylation sites (tertiary alicyclic amines) is 1. The van der Waals surface area contributed by atoms with Crippen LogP contribution in [0.3, 0.4) is 0 Å². The van der Waals surface area contributed by atoms with Crippen LogP contribution >= 0.6 is 0 Å². The highest BCUT2D eigenvalue weighted by molar-refractivity contribution is 5.67. The van der Waals surface area contributed by atoms with Crippen LogP contribution in [0.2, 0.25) is 0 Å². The molecule has 1 aromatic heterocycles. The van der Waals surface area contributed by atoms with Crippen molar-refractivity contribution in [3.63, 3.8) is 0 Å². The van der Waals surface area contributed by atoms with Gasteiger partial charge in [0.1, 0.15) is 5.60 Å². The van der Waals surface area contributed by atoms with E-state index in [0.29, 0.717) is 19.0 Å². The number of rotatable bonds is 6. The van der Waals surface area contributed by atoms with Crippen LogP contribution in [0.15, 0.2) is 4.52 Å². The summed E-state index contributed by atoms with van der Waals surface area (Å²) >= 11 is 0. The molecule has 0 unspecified atom stereocenters. The SMILES string of the molecule is CCCc1nc(CN2CCCC[C@@H]2CNC(=O)OC(C)(C)C)no1. The highest BCUT2D eigenvalue weighted by Crippen LogP contribution is 2.19. The molecule has 2 rings (SSSR count). The predicted molar refractivity (Wildman–Crippen MR) is 90.6 cm³/mol. The average Bonchev–Trinajstić information content (AvgIpc) is 2.92. The molecule has 0 aliphatic carbocycles. The summed E-state index contributed by atoms with van der Waals surface area (Å²) in [5.41, 5.74) is -0.476. The molecule has 24 heavy (non-hydrogen) atoms. The molecule has 136 valence electrons. The first-order valence-corrected chi connectivity index (χ1v) is 8.89. The molecule has 2 heterocycles. The second-order valence-electron chi connectivity index (χ2n) is 7.36. The maximum atomic E-state index is 11.9. The molecule has 1 fully saturated rings. The molecule has 0 aromatic carbocycles. The zero-order valence-electron chi connectivity index (χ0n) is 15.3. The first kappa shape index (κ1) is 18.7. The van der Waals surface area contributed by atoms with E-state index in [0.717, 1.165) is 38.1 Å². The summed E-state index contributed by atoms with van der Waals surface area (Å²) in [6, 6.07) is 0.277. The molecule has 0 spiro atoms. The third-order valence-corrected chi connectivity index (χ3v) is 3.95. The van der Waals surface area contributed by atoms with Crippen molar-refractivity contribution in [3.8, 4) is 0 Å². The fourth-order valence-corrected chi connectivity index (χ4v) is 2.87. The minimum atomic E-state index is -0.476. The molecule has 1 aliphatic rings. The minimum absolute atomic E-state index is 0.277. The smallest absolute Gasteiger partial charge is 0.407 e. The molecule has 1 saturated heterocycles. The van der Waals surface area contributed by atoms with Gasteiger partial charge in [0.05, 0.1) is 6.54 Å². The van der Waals surface area contributed by atoms with Crippen LogP contribution in [-0.4, -0.2) is 45.9 Å². The second kappa shape index (κ2) is 8.46. The Bertz CT molecular complexity index is 524. The van der Waals surface area contributed by atoms with Gasteiger partial charge in [0.2, 0.25) is 5.89 Å². The van der Waals surface area contributed by atoms with E-state index in [1.54, 1.807) is 0 Å². The van der Waals surface area contributed by atoms with Gasteiger partial charge in [0.25, 0.3) is 0 Å². The Morgan fingerprint density at radius 2 is 2.21 bits per heavy atom. The monoisotopic (exact) mass is 338 g/mol. The van der Waals surface area contributed by atoms with E-state index in [-0.39, 0.29) is 12.1 Å². The second-order valence-corrected chi connectivity index (χ2v) is 7.36. The molecule has 1 atom stereocenters. The summed E-state index contributed by atoms with van der Waals surface area (Å²) in [4.78, 5) is 18.6. The van der Waals surface area contributed by atoms with E-state index in [4.69, 9.17) is 9.26 Å². The van der Waals surface area contributed by atoms with Crippen LogP contribution < -0.4 is 5.32 Å². The van der Waals surface area contributed by atoms with Gasteiger partial charge in [-0.15, -0.1) is 0 Å². The predicted octanol–water partition coefficient (Wildman–Crippen LogP) is 2.90. The topological polar surface area (TPSA) is 80.5 Å². The third-order valence-electron chi connectivity index (χ3n) is 3.95. The van der Waals surface area contributed by atoms with Crippen LogP contribution in [0.4, 0.5) is 4.79 Å². The number of alkyl carbamates (subject to hydrolysis) is 1. The van der Waals surface area contributed by atoms with E-state index in [9.17, 15) is 4.79 Å². The zero-order chi connectivity index (χ0) is 17.6. The van der Waals surface area contributed by atoms with E-state index in [1.165, 1.54) is 6.42 Å². The van der Waals surface area contributed by atoms with Gasteiger partial charge in [-0.3, -0.25) is 4.90 Å². The van der Waals surface area contributed by atoms with Gasteiger partial charge >= 0.3 is 6.09 Å². The van der Waals surface area contributed by atoms with E-state index in [1.807, 2.05) is 20.8 Å². The van der Waals surface area contributed by atoms with Gasteiger partial charge in [-0.25, -0.2) is 4.79 Å². The van der Waals surface area contributed by atoms with E-state index in [2.05, 4.69) is 27.3 Å². The van der Waals surface area contributed by atoms with E-state index >= 15 is 0 Å². The van der Waals surface area contributed by atoms with Gasteiger partial charge in [0.15, 0.2) is 5.82 Å². The minimum Gasteiger partial charge on any atom is -0.444 e. The average molecular weight is 338 g/mol. The number of carbonyl (C=O) groups excluding carboxylic acids is 1. The Kier molecular flexibility index (Phi) is 6.60. The quantitative estimate of drug-likeness (QED) is 0.859. The van der Waals surface area contributed by atoms with Crippen LogP contribution in [0.5, 0.6) is 0 Å². The molecule has 1 amide bonds. The van der Waals surface area contributed by atoms with Crippen molar-refractivity contribution in [3.05, 3.63) is 11.7 Å². The number of aryl methyl sites for hydroxylation is 1. The van der Waals surface area contributed by atoms with Crippen molar-refractivity contribution >= 4 is 6.09 Å². The van der Waals surface area contributed by atoms with Gasteiger partial charge < -0.3 is 14.6 Å². The molecule has 1 aromatic rings. The summed E-state index contributed by atoms with van der Waals surface area (Å²) < 4.78 is 10.6. The number of piperidine rings is 1. The lowest BCUT2D eigenvalue weighted by Crippen LogP contribution is -2.47. The number of nitrogens with zero attached hydrogens (tertiary/aromatic N) is 3.